The van der Waals surface area contributed by atoms with Crippen LogP contribution in [0.25, 0.3) is 0 Å². The summed E-state index contributed by atoms with van der Waals surface area (Å²) in [6.07, 6.45) is 0.774. The molecule has 1 aliphatic rings. The molecule has 1 N–H and O–H groups in total. The highest BCUT2D eigenvalue weighted by Gasteiger charge is 2.24. The highest BCUT2D eigenvalue weighted by atomic mass is 32.2. The molecular formula is C12H16N2O3S. The van der Waals surface area contributed by atoms with E-state index in [1.54, 1.807) is 30.0 Å². The lowest BCUT2D eigenvalue weighted by Crippen LogP contribution is -2.26. The second kappa shape index (κ2) is 4.70. The summed E-state index contributed by atoms with van der Waals surface area (Å²) in [4.78, 5) is 13.3. The predicted octanol–water partition coefficient (Wildman–Crippen LogP) is 0.894. The van der Waals surface area contributed by atoms with Crippen LogP contribution in [0.4, 0.5) is 5.69 Å². The predicted molar refractivity (Wildman–Crippen MR) is 69.0 cm³/mol. The smallest absolute Gasteiger partial charge is 0.240 e. The van der Waals surface area contributed by atoms with Gasteiger partial charge in [-0.05, 0) is 24.1 Å². The molecule has 1 amide bonds. The molecular weight excluding hydrogens is 252 g/mol. The van der Waals surface area contributed by atoms with Crippen molar-refractivity contribution in [2.75, 3.05) is 18.0 Å². The van der Waals surface area contributed by atoms with E-state index in [-0.39, 0.29) is 10.8 Å². The van der Waals surface area contributed by atoms with Gasteiger partial charge in [-0.15, -0.1) is 0 Å². The van der Waals surface area contributed by atoms with E-state index in [2.05, 4.69) is 4.72 Å². The van der Waals surface area contributed by atoms with E-state index in [9.17, 15) is 13.2 Å². The van der Waals surface area contributed by atoms with Crippen LogP contribution >= 0.6 is 0 Å². The van der Waals surface area contributed by atoms with Gasteiger partial charge in [0.1, 0.15) is 0 Å². The number of fused-ring (bicyclic) bond motifs is 1. The molecule has 0 aliphatic carbocycles. The molecule has 1 aromatic rings. The Morgan fingerprint density at radius 3 is 2.78 bits per heavy atom. The number of hydrogen-bond acceptors (Lipinski definition) is 3. The van der Waals surface area contributed by atoms with Crippen molar-refractivity contribution in [1.82, 2.24) is 4.72 Å². The Balaban J connectivity index is 2.44. The molecule has 6 heteroatoms. The van der Waals surface area contributed by atoms with Crippen molar-refractivity contribution in [3.05, 3.63) is 23.8 Å². The Morgan fingerprint density at radius 2 is 2.17 bits per heavy atom. The third-order valence-corrected chi connectivity index (χ3v) is 4.52. The first-order chi connectivity index (χ1) is 8.45. The maximum atomic E-state index is 11.9. The summed E-state index contributed by atoms with van der Waals surface area (Å²) >= 11 is 0. The first-order valence-corrected chi connectivity index (χ1v) is 7.34. The summed E-state index contributed by atoms with van der Waals surface area (Å²) in [5.41, 5.74) is 1.72. The van der Waals surface area contributed by atoms with Gasteiger partial charge in [-0.2, -0.15) is 0 Å². The highest BCUT2D eigenvalue weighted by Crippen LogP contribution is 2.30. The van der Waals surface area contributed by atoms with Crippen LogP contribution in [-0.2, 0) is 21.2 Å². The Labute approximate surface area is 107 Å². The second-order valence-electron chi connectivity index (χ2n) is 4.21. The summed E-state index contributed by atoms with van der Waals surface area (Å²) in [5.74, 6) is -0.0632. The molecule has 18 heavy (non-hydrogen) atoms. The van der Waals surface area contributed by atoms with E-state index in [1.807, 2.05) is 0 Å². The van der Waals surface area contributed by atoms with Gasteiger partial charge in [0.15, 0.2) is 0 Å². The fourth-order valence-corrected chi connectivity index (χ4v) is 3.19. The van der Waals surface area contributed by atoms with Crippen LogP contribution in [0.1, 0.15) is 19.4 Å². The third kappa shape index (κ3) is 2.26. The monoisotopic (exact) mass is 268 g/mol. The van der Waals surface area contributed by atoms with E-state index in [0.29, 0.717) is 18.8 Å². The average Bonchev–Trinajstić information content (AvgIpc) is 2.71. The van der Waals surface area contributed by atoms with Crippen molar-refractivity contribution in [3.8, 4) is 0 Å². The number of nitrogens with one attached hydrogen (secondary N) is 1. The largest absolute Gasteiger partial charge is 0.312 e. The van der Waals surface area contributed by atoms with E-state index in [1.165, 1.54) is 6.92 Å². The van der Waals surface area contributed by atoms with Gasteiger partial charge in [0.25, 0.3) is 0 Å². The van der Waals surface area contributed by atoms with Crippen LogP contribution in [0.15, 0.2) is 23.1 Å². The van der Waals surface area contributed by atoms with E-state index in [4.69, 9.17) is 0 Å². The fraction of sp³-hybridized carbons (Fsp3) is 0.417. The number of rotatable bonds is 3. The summed E-state index contributed by atoms with van der Waals surface area (Å²) in [7, 11) is -3.47. The van der Waals surface area contributed by atoms with Crippen LogP contribution in [0.5, 0.6) is 0 Å². The Morgan fingerprint density at radius 1 is 1.44 bits per heavy atom. The van der Waals surface area contributed by atoms with Gasteiger partial charge < -0.3 is 4.90 Å². The molecule has 5 nitrogen and oxygen atoms in total. The number of anilines is 1. The van der Waals surface area contributed by atoms with Crippen molar-refractivity contribution in [2.45, 2.75) is 25.2 Å². The molecule has 0 saturated carbocycles. The standard InChI is InChI=1S/C12H16N2O3S/c1-3-13-18(16,17)11-5-4-10-6-7-14(9(2)15)12(10)8-11/h4-5,8,13H,3,6-7H2,1-2H3. The number of carbonyl (C=O) groups is 1. The lowest BCUT2D eigenvalue weighted by Gasteiger charge is -2.15. The number of benzene rings is 1. The number of amides is 1. The molecule has 0 fully saturated rings. The number of nitrogens with zero attached hydrogens (tertiary/aromatic N) is 1. The summed E-state index contributed by atoms with van der Waals surface area (Å²) in [6, 6.07) is 4.94. The summed E-state index contributed by atoms with van der Waals surface area (Å²) < 4.78 is 26.2. The van der Waals surface area contributed by atoms with Gasteiger partial charge in [0, 0.05) is 25.7 Å². The van der Waals surface area contributed by atoms with Gasteiger partial charge in [0.05, 0.1) is 4.90 Å². The molecule has 1 aromatic carbocycles. The molecule has 0 spiro atoms. The average molecular weight is 268 g/mol. The minimum absolute atomic E-state index is 0.0632. The lowest BCUT2D eigenvalue weighted by molar-refractivity contribution is -0.116. The fourth-order valence-electron chi connectivity index (χ4n) is 2.13. The molecule has 2 rings (SSSR count). The van der Waals surface area contributed by atoms with E-state index in [0.717, 1.165) is 12.0 Å². The van der Waals surface area contributed by atoms with E-state index >= 15 is 0 Å². The second-order valence-corrected chi connectivity index (χ2v) is 5.98. The molecule has 0 atom stereocenters. The van der Waals surface area contributed by atoms with Crippen LogP contribution < -0.4 is 9.62 Å². The van der Waals surface area contributed by atoms with Gasteiger partial charge in [0.2, 0.25) is 15.9 Å². The molecule has 98 valence electrons. The van der Waals surface area contributed by atoms with Gasteiger partial charge in [-0.3, -0.25) is 4.79 Å². The lowest BCUT2D eigenvalue weighted by atomic mass is 10.2. The van der Waals surface area contributed by atoms with E-state index < -0.39 is 10.0 Å². The Kier molecular flexibility index (Phi) is 3.41. The maximum absolute atomic E-state index is 11.9. The molecule has 0 bridgehead atoms. The molecule has 0 saturated heterocycles. The minimum Gasteiger partial charge on any atom is -0.312 e. The minimum atomic E-state index is -3.47. The third-order valence-electron chi connectivity index (χ3n) is 2.98. The van der Waals surface area contributed by atoms with Crippen molar-refractivity contribution in [1.29, 1.82) is 0 Å². The first-order valence-electron chi connectivity index (χ1n) is 5.86. The van der Waals surface area contributed by atoms with Crippen LogP contribution in [0.3, 0.4) is 0 Å². The number of hydrogen-bond donors (Lipinski definition) is 1. The van der Waals surface area contributed by atoms with Crippen LogP contribution in [-0.4, -0.2) is 27.4 Å². The Hall–Kier alpha value is -1.40. The van der Waals surface area contributed by atoms with Crippen molar-refractivity contribution < 1.29 is 13.2 Å². The zero-order valence-corrected chi connectivity index (χ0v) is 11.3. The van der Waals surface area contributed by atoms with Crippen molar-refractivity contribution >= 4 is 21.6 Å². The summed E-state index contributed by atoms with van der Waals surface area (Å²) in [5, 5.41) is 0. The normalized spacial score (nSPS) is 14.7. The van der Waals surface area contributed by atoms with Gasteiger partial charge in [-0.25, -0.2) is 13.1 Å². The van der Waals surface area contributed by atoms with Crippen molar-refractivity contribution in [2.24, 2.45) is 0 Å². The quantitative estimate of drug-likeness (QED) is 0.885. The zero-order valence-electron chi connectivity index (χ0n) is 10.4. The molecule has 0 unspecified atom stereocenters. The first kappa shape index (κ1) is 13.0. The molecule has 1 aliphatic heterocycles. The topological polar surface area (TPSA) is 66.5 Å². The number of carbonyl (C=O) groups excluding carboxylic acids is 1. The summed E-state index contributed by atoms with van der Waals surface area (Å²) in [6.45, 7) is 4.18. The molecule has 1 heterocycles. The maximum Gasteiger partial charge on any atom is 0.240 e. The highest BCUT2D eigenvalue weighted by molar-refractivity contribution is 7.89. The Bertz CT molecular complexity index is 581. The molecule has 0 radical (unpaired) electrons. The molecule has 0 aromatic heterocycles. The van der Waals surface area contributed by atoms with Crippen LogP contribution in [0, 0.1) is 0 Å². The van der Waals surface area contributed by atoms with Crippen LogP contribution in [0.2, 0.25) is 0 Å². The van der Waals surface area contributed by atoms with Crippen molar-refractivity contribution in [3.63, 3.8) is 0 Å². The van der Waals surface area contributed by atoms with Gasteiger partial charge >= 0.3 is 0 Å². The SMILES string of the molecule is CCNS(=O)(=O)c1ccc2c(c1)N(C(C)=O)CC2. The number of sulfonamides is 1. The van der Waals surface area contributed by atoms with Gasteiger partial charge in [-0.1, -0.05) is 13.0 Å². The zero-order chi connectivity index (χ0) is 13.3.